The number of piperidine rings is 1. The van der Waals surface area contributed by atoms with E-state index in [1.807, 2.05) is 6.92 Å². The van der Waals surface area contributed by atoms with Gasteiger partial charge < -0.3 is 15.0 Å². The van der Waals surface area contributed by atoms with Gasteiger partial charge in [-0.2, -0.15) is 13.2 Å². The second-order valence-electron chi connectivity index (χ2n) is 8.64. The van der Waals surface area contributed by atoms with Crippen molar-refractivity contribution in [1.29, 1.82) is 0 Å². The lowest BCUT2D eigenvalue weighted by molar-refractivity contribution is -0.137. The first-order chi connectivity index (χ1) is 14.8. The summed E-state index contributed by atoms with van der Waals surface area (Å²) in [7, 11) is 3.86. The average molecular weight is 441 g/mol. The summed E-state index contributed by atoms with van der Waals surface area (Å²) in [5, 5.41) is 3.54. The molecule has 1 N–H and O–H groups in total. The fourth-order valence-corrected chi connectivity index (χ4v) is 4.87. The van der Waals surface area contributed by atoms with E-state index in [0.717, 1.165) is 70.2 Å². The van der Waals surface area contributed by atoms with Crippen molar-refractivity contribution in [3.63, 3.8) is 0 Å². The first-order valence-electron chi connectivity index (χ1n) is 11.2. The molecule has 1 aromatic rings. The van der Waals surface area contributed by atoms with E-state index in [-0.39, 0.29) is 6.04 Å². The molecule has 2 aliphatic heterocycles. The van der Waals surface area contributed by atoms with Gasteiger partial charge in [-0.15, -0.1) is 0 Å². The molecule has 0 aliphatic carbocycles. The molecule has 2 fully saturated rings. The maximum Gasteiger partial charge on any atom is 0.416 e. The Labute approximate surface area is 183 Å². The summed E-state index contributed by atoms with van der Waals surface area (Å²) in [5.41, 5.74) is 0.343. The lowest BCUT2D eigenvalue weighted by Gasteiger charge is -2.40. The van der Waals surface area contributed by atoms with Gasteiger partial charge in [0.25, 0.3) is 0 Å². The molecule has 31 heavy (non-hydrogen) atoms. The molecule has 3 rings (SSSR count). The molecule has 2 aliphatic rings. The molecular formula is C23H35F3N4O. The molecule has 0 saturated carbocycles. The summed E-state index contributed by atoms with van der Waals surface area (Å²) in [6, 6.07) is 5.76. The minimum Gasteiger partial charge on any atom is -0.381 e. The SMILES string of the molecule is CCOCC1CCN(C(=NC)NCC2CCCN(C)C2c2ccc(C(F)(F)F)cc2)C1. The molecule has 5 nitrogen and oxygen atoms in total. The van der Waals surface area contributed by atoms with Gasteiger partial charge in [0.2, 0.25) is 0 Å². The fourth-order valence-electron chi connectivity index (χ4n) is 4.87. The quantitative estimate of drug-likeness (QED) is 0.536. The number of nitrogens with zero attached hydrogens (tertiary/aromatic N) is 3. The Kier molecular flexibility index (Phi) is 8.22. The molecular weight excluding hydrogens is 405 g/mol. The largest absolute Gasteiger partial charge is 0.416 e. The van der Waals surface area contributed by atoms with E-state index >= 15 is 0 Å². The maximum absolute atomic E-state index is 13.0. The molecule has 3 unspecified atom stereocenters. The van der Waals surface area contributed by atoms with Crippen LogP contribution in [0.5, 0.6) is 0 Å². The van der Waals surface area contributed by atoms with Crippen molar-refractivity contribution in [3.8, 4) is 0 Å². The van der Waals surface area contributed by atoms with Gasteiger partial charge in [0.05, 0.1) is 12.2 Å². The molecule has 0 bridgehead atoms. The van der Waals surface area contributed by atoms with Crippen molar-refractivity contribution in [1.82, 2.24) is 15.1 Å². The molecule has 174 valence electrons. The summed E-state index contributed by atoms with van der Waals surface area (Å²) in [5.74, 6) is 1.73. The molecule has 0 radical (unpaired) electrons. The van der Waals surface area contributed by atoms with E-state index in [2.05, 4.69) is 27.2 Å². The highest BCUT2D eigenvalue weighted by Crippen LogP contribution is 2.36. The van der Waals surface area contributed by atoms with E-state index in [1.54, 1.807) is 19.2 Å². The van der Waals surface area contributed by atoms with E-state index in [1.165, 1.54) is 12.1 Å². The van der Waals surface area contributed by atoms with Gasteiger partial charge in [-0.3, -0.25) is 9.89 Å². The highest BCUT2D eigenvalue weighted by atomic mass is 19.4. The summed E-state index contributed by atoms with van der Waals surface area (Å²) in [6.07, 6.45) is -1.09. The number of hydrogen-bond donors (Lipinski definition) is 1. The molecule has 0 amide bonds. The van der Waals surface area contributed by atoms with Crippen molar-refractivity contribution >= 4 is 5.96 Å². The van der Waals surface area contributed by atoms with Crippen molar-refractivity contribution in [2.24, 2.45) is 16.8 Å². The third-order valence-corrected chi connectivity index (χ3v) is 6.46. The minimum atomic E-state index is -4.31. The van der Waals surface area contributed by atoms with Gasteiger partial charge in [-0.05, 0) is 63.4 Å². The fraction of sp³-hybridized carbons (Fsp3) is 0.696. The molecule has 8 heteroatoms. The van der Waals surface area contributed by atoms with Crippen LogP contribution in [0, 0.1) is 11.8 Å². The summed E-state index contributed by atoms with van der Waals surface area (Å²) in [6.45, 7) is 7.13. The Balaban J connectivity index is 1.63. The van der Waals surface area contributed by atoms with Gasteiger partial charge in [-0.1, -0.05) is 12.1 Å². The average Bonchev–Trinajstić information content (AvgIpc) is 3.21. The van der Waals surface area contributed by atoms with Crippen LogP contribution in [0.4, 0.5) is 13.2 Å². The van der Waals surface area contributed by atoms with Crippen LogP contribution in [-0.2, 0) is 10.9 Å². The Morgan fingerprint density at radius 1 is 1.19 bits per heavy atom. The van der Waals surface area contributed by atoms with Gasteiger partial charge in [0.15, 0.2) is 5.96 Å². The standard InChI is InChI=1S/C23H35F3N4O/c1-4-31-16-17-11-13-30(15-17)22(27-2)28-14-19-6-5-12-29(3)21(19)18-7-9-20(10-8-18)23(24,25)26/h7-10,17,19,21H,4-6,11-16H2,1-3H3,(H,27,28). The zero-order valence-corrected chi connectivity index (χ0v) is 18.8. The van der Waals surface area contributed by atoms with Gasteiger partial charge >= 0.3 is 6.18 Å². The number of aliphatic imine (C=N–C) groups is 1. The van der Waals surface area contributed by atoms with Crippen LogP contribution in [0.25, 0.3) is 0 Å². The summed E-state index contributed by atoms with van der Waals surface area (Å²) in [4.78, 5) is 9.02. The topological polar surface area (TPSA) is 40.1 Å². The summed E-state index contributed by atoms with van der Waals surface area (Å²) >= 11 is 0. The Morgan fingerprint density at radius 3 is 2.58 bits per heavy atom. The molecule has 1 aromatic carbocycles. The Hall–Kier alpha value is -1.80. The number of likely N-dealkylation sites (tertiary alicyclic amines) is 2. The van der Waals surface area contributed by atoms with Gasteiger partial charge in [0.1, 0.15) is 0 Å². The van der Waals surface area contributed by atoms with Gasteiger partial charge in [-0.25, -0.2) is 0 Å². The highest BCUT2D eigenvalue weighted by molar-refractivity contribution is 5.80. The zero-order valence-electron chi connectivity index (χ0n) is 18.8. The van der Waals surface area contributed by atoms with Crippen molar-refractivity contribution in [2.75, 3.05) is 53.5 Å². The Morgan fingerprint density at radius 2 is 1.94 bits per heavy atom. The first-order valence-corrected chi connectivity index (χ1v) is 11.2. The number of benzene rings is 1. The van der Waals surface area contributed by atoms with Crippen LogP contribution in [0.3, 0.4) is 0 Å². The minimum absolute atomic E-state index is 0.0888. The van der Waals surface area contributed by atoms with Crippen molar-refractivity contribution in [3.05, 3.63) is 35.4 Å². The molecule has 2 heterocycles. The third kappa shape index (κ3) is 6.13. The number of alkyl halides is 3. The number of ether oxygens (including phenoxy) is 1. The molecule has 0 aromatic heterocycles. The van der Waals surface area contributed by atoms with E-state index in [0.29, 0.717) is 11.8 Å². The van der Waals surface area contributed by atoms with Crippen LogP contribution in [0.15, 0.2) is 29.3 Å². The van der Waals surface area contributed by atoms with Gasteiger partial charge in [0, 0.05) is 45.2 Å². The predicted molar refractivity (Wildman–Crippen MR) is 117 cm³/mol. The zero-order chi connectivity index (χ0) is 22.4. The lowest BCUT2D eigenvalue weighted by atomic mass is 9.84. The second kappa shape index (κ2) is 10.7. The second-order valence-corrected chi connectivity index (χ2v) is 8.64. The Bertz CT molecular complexity index is 723. The smallest absolute Gasteiger partial charge is 0.381 e. The molecule has 0 spiro atoms. The highest BCUT2D eigenvalue weighted by Gasteiger charge is 2.34. The maximum atomic E-state index is 13.0. The number of halogens is 3. The first kappa shape index (κ1) is 23.9. The van der Waals surface area contributed by atoms with Crippen LogP contribution >= 0.6 is 0 Å². The number of rotatable bonds is 6. The predicted octanol–water partition coefficient (Wildman–Crippen LogP) is 4.02. The van der Waals surface area contributed by atoms with Crippen LogP contribution in [-0.4, -0.2) is 69.2 Å². The summed E-state index contributed by atoms with van der Waals surface area (Å²) < 4.78 is 44.5. The van der Waals surface area contributed by atoms with Crippen molar-refractivity contribution < 1.29 is 17.9 Å². The van der Waals surface area contributed by atoms with Crippen molar-refractivity contribution in [2.45, 2.75) is 38.4 Å². The lowest BCUT2D eigenvalue weighted by Crippen LogP contribution is -2.46. The third-order valence-electron chi connectivity index (χ3n) is 6.46. The van der Waals surface area contributed by atoms with E-state index in [9.17, 15) is 13.2 Å². The van der Waals surface area contributed by atoms with E-state index in [4.69, 9.17) is 4.74 Å². The number of hydrogen-bond acceptors (Lipinski definition) is 3. The van der Waals surface area contributed by atoms with E-state index < -0.39 is 11.7 Å². The molecule has 2 saturated heterocycles. The van der Waals surface area contributed by atoms with Crippen LogP contribution < -0.4 is 5.32 Å². The number of guanidine groups is 1. The van der Waals surface area contributed by atoms with Crippen LogP contribution in [0.1, 0.15) is 43.4 Å². The normalized spacial score (nSPS) is 25.8. The number of nitrogens with one attached hydrogen (secondary N) is 1. The monoisotopic (exact) mass is 440 g/mol. The molecule has 3 atom stereocenters. The van der Waals surface area contributed by atoms with Crippen LogP contribution in [0.2, 0.25) is 0 Å².